The standard InChI is InChI=1S/C20H24N10O13P2/c21-13-7-14(24-2-23-13)29(3-25-7)17-9(31)11-6(40-17)1-39-45(36,37)43-12-10(32)18(41-19(12)38-5-44(34,35)42-11)30-4-26-8-15(30)27-20(22)28-16(8)33/h2-4,6,9-12,17-19,31-32H,1,5H2,(H,34,35)(H,36,37)(H2,21,23,24)(H3,22,27,28,33)/t6-,9?,10?,11?,12?,17-,18-,19+/m1/s1. The smallest absolute Gasteiger partial charge is 0.386 e. The van der Waals surface area contributed by atoms with Crippen molar-refractivity contribution < 1.29 is 56.9 Å². The number of nitrogen functional groups attached to an aromatic ring is 2. The van der Waals surface area contributed by atoms with E-state index in [0.29, 0.717) is 0 Å². The predicted molar refractivity (Wildman–Crippen MR) is 143 cm³/mol. The second kappa shape index (κ2) is 10.8. The third-order valence-corrected chi connectivity index (χ3v) is 9.24. The highest BCUT2D eigenvalue weighted by molar-refractivity contribution is 7.52. The van der Waals surface area contributed by atoms with Gasteiger partial charge in [-0.05, 0) is 0 Å². The Bertz CT molecular complexity index is 1940. The van der Waals surface area contributed by atoms with E-state index in [1.54, 1.807) is 0 Å². The summed E-state index contributed by atoms with van der Waals surface area (Å²) in [5.74, 6) is -0.233. The number of H-pyrrole nitrogens is 1. The first kappa shape index (κ1) is 30.2. The summed E-state index contributed by atoms with van der Waals surface area (Å²) in [4.78, 5) is 55.7. The largest absolute Gasteiger partial charge is 0.472 e. The van der Waals surface area contributed by atoms with Crippen LogP contribution in [-0.2, 0) is 36.9 Å². The summed E-state index contributed by atoms with van der Waals surface area (Å²) in [6.45, 7) is -0.799. The Morgan fingerprint density at radius 3 is 2.38 bits per heavy atom. The molecule has 0 aromatic carbocycles. The van der Waals surface area contributed by atoms with Crippen LogP contribution in [0.25, 0.3) is 22.3 Å². The molecule has 3 saturated heterocycles. The fourth-order valence-electron chi connectivity index (χ4n) is 5.23. The summed E-state index contributed by atoms with van der Waals surface area (Å²) in [6.07, 6.45) is -10.6. The number of phosphoric acid groups is 1. The summed E-state index contributed by atoms with van der Waals surface area (Å²) < 4.78 is 61.2. The van der Waals surface area contributed by atoms with Crippen LogP contribution in [0.3, 0.4) is 0 Å². The predicted octanol–water partition coefficient (Wildman–Crippen LogP) is -2.34. The van der Waals surface area contributed by atoms with E-state index in [1.807, 2.05) is 0 Å². The van der Waals surface area contributed by atoms with Gasteiger partial charge in [0.1, 0.15) is 36.3 Å². The number of phosphoric ester groups is 1. The SMILES string of the molecule is Nc1nc2c(ncn2[C@@H]2O[C@@H]3OCP(=O)(O)OC4C(O)[C@H](n5cnc6c(N)ncnc65)O[C@@H]4COP(=O)(O)OC3C2O)c(=O)[nH]1. The molecule has 4 aromatic heterocycles. The van der Waals surface area contributed by atoms with Crippen LogP contribution in [0, 0.1) is 0 Å². The molecule has 3 fully saturated rings. The number of hydrogen-bond acceptors (Lipinski definition) is 18. The molecule has 4 aromatic rings. The maximum atomic E-state index is 13.2. The van der Waals surface area contributed by atoms with E-state index in [1.165, 1.54) is 10.9 Å². The monoisotopic (exact) mass is 674 g/mol. The average Bonchev–Trinajstić information content (AvgIpc) is 3.72. The number of fused-ring (bicyclic) bond motifs is 4. The molecule has 0 radical (unpaired) electrons. The van der Waals surface area contributed by atoms with Crippen molar-refractivity contribution in [2.45, 2.75) is 49.3 Å². The third-order valence-electron chi connectivity index (χ3n) is 7.21. The highest BCUT2D eigenvalue weighted by Crippen LogP contribution is 2.53. The van der Waals surface area contributed by atoms with Crippen LogP contribution in [0.1, 0.15) is 12.5 Å². The van der Waals surface area contributed by atoms with Crippen molar-refractivity contribution in [2.75, 3.05) is 24.4 Å². The summed E-state index contributed by atoms with van der Waals surface area (Å²) in [7, 11) is -9.85. The number of aromatic nitrogens is 8. The maximum absolute atomic E-state index is 13.2. The van der Waals surface area contributed by atoms with E-state index in [-0.39, 0.29) is 34.1 Å². The van der Waals surface area contributed by atoms with E-state index in [4.69, 9.17) is 39.2 Å². The van der Waals surface area contributed by atoms with Gasteiger partial charge in [-0.15, -0.1) is 0 Å². The maximum Gasteiger partial charge on any atom is 0.472 e. The number of aromatic amines is 1. The minimum Gasteiger partial charge on any atom is -0.386 e. The topological polar surface area (TPSA) is 330 Å². The van der Waals surface area contributed by atoms with Gasteiger partial charge in [-0.1, -0.05) is 0 Å². The lowest BCUT2D eigenvalue weighted by molar-refractivity contribution is -0.168. The average molecular weight is 674 g/mol. The molecule has 3 aliphatic rings. The van der Waals surface area contributed by atoms with Crippen molar-refractivity contribution in [1.29, 1.82) is 0 Å². The Morgan fingerprint density at radius 1 is 0.911 bits per heavy atom. The van der Waals surface area contributed by atoms with Crippen molar-refractivity contribution in [2.24, 2.45) is 0 Å². The lowest BCUT2D eigenvalue weighted by Gasteiger charge is -2.28. The summed E-state index contributed by atoms with van der Waals surface area (Å²) in [6, 6.07) is 0. The van der Waals surface area contributed by atoms with Crippen LogP contribution >= 0.6 is 15.4 Å². The van der Waals surface area contributed by atoms with E-state index < -0.39 is 83.2 Å². The van der Waals surface area contributed by atoms with Gasteiger partial charge in [0.2, 0.25) is 5.95 Å². The van der Waals surface area contributed by atoms with Gasteiger partial charge >= 0.3 is 15.4 Å². The second-order valence-electron chi connectivity index (χ2n) is 10.1. The molecule has 9 N–H and O–H groups in total. The van der Waals surface area contributed by atoms with Gasteiger partial charge in [0.05, 0.1) is 19.3 Å². The number of imidazole rings is 2. The van der Waals surface area contributed by atoms with Crippen LogP contribution in [0.15, 0.2) is 23.8 Å². The van der Waals surface area contributed by atoms with Crippen LogP contribution in [-0.4, -0.2) is 109 Å². The molecule has 45 heavy (non-hydrogen) atoms. The van der Waals surface area contributed by atoms with Gasteiger partial charge in [0.15, 0.2) is 53.8 Å². The fourth-order valence-corrected chi connectivity index (χ4v) is 7.20. The molecule has 242 valence electrons. The molecule has 23 nitrogen and oxygen atoms in total. The van der Waals surface area contributed by atoms with Crippen molar-refractivity contribution in [3.63, 3.8) is 0 Å². The summed E-state index contributed by atoms with van der Waals surface area (Å²) >= 11 is 0. The number of anilines is 2. The van der Waals surface area contributed by atoms with E-state index in [9.17, 15) is 33.9 Å². The molecule has 7 heterocycles. The number of nitrogens with zero attached hydrogens (tertiary/aromatic N) is 7. The van der Waals surface area contributed by atoms with Crippen LogP contribution in [0.4, 0.5) is 11.8 Å². The molecule has 0 aliphatic carbocycles. The number of aliphatic hydroxyl groups is 2. The summed E-state index contributed by atoms with van der Waals surface area (Å²) in [5, 5.41) is 22.2. The number of nitrogens with two attached hydrogens (primary N) is 2. The van der Waals surface area contributed by atoms with E-state index in [2.05, 4.69) is 29.9 Å². The molecule has 0 amide bonds. The van der Waals surface area contributed by atoms with Gasteiger partial charge < -0.3 is 45.7 Å². The van der Waals surface area contributed by atoms with Crippen molar-refractivity contribution >= 4 is 49.5 Å². The highest BCUT2D eigenvalue weighted by Gasteiger charge is 2.54. The quantitative estimate of drug-likeness (QED) is 0.109. The molecule has 7 rings (SSSR count). The molecule has 25 heteroatoms. The fraction of sp³-hybridized carbons (Fsp3) is 0.500. The number of ether oxygens (including phenoxy) is 3. The number of hydrogen-bond donors (Lipinski definition) is 7. The zero-order chi connectivity index (χ0) is 31.8. The Labute approximate surface area is 248 Å². The Hall–Kier alpha value is -3.44. The molecule has 3 aliphatic heterocycles. The Balaban J connectivity index is 1.17. The van der Waals surface area contributed by atoms with Crippen LogP contribution < -0.4 is 17.0 Å². The van der Waals surface area contributed by atoms with E-state index >= 15 is 0 Å². The van der Waals surface area contributed by atoms with Crippen molar-refractivity contribution in [1.82, 2.24) is 39.0 Å². The number of aliphatic hydroxyl groups excluding tert-OH is 2. The zero-order valence-electron chi connectivity index (χ0n) is 22.4. The Morgan fingerprint density at radius 2 is 1.60 bits per heavy atom. The molecular formula is C20H24N10O13P2. The van der Waals surface area contributed by atoms with Crippen LogP contribution in [0.2, 0.25) is 0 Å². The van der Waals surface area contributed by atoms with Crippen molar-refractivity contribution in [3.8, 4) is 0 Å². The first-order chi connectivity index (χ1) is 21.3. The van der Waals surface area contributed by atoms with Gasteiger partial charge in [0.25, 0.3) is 5.56 Å². The first-order valence-electron chi connectivity index (χ1n) is 12.9. The van der Waals surface area contributed by atoms with E-state index in [0.717, 1.165) is 17.2 Å². The second-order valence-corrected chi connectivity index (χ2v) is 13.3. The van der Waals surface area contributed by atoms with Gasteiger partial charge in [-0.25, -0.2) is 24.5 Å². The number of nitrogens with one attached hydrogen (secondary N) is 1. The molecule has 0 saturated carbocycles. The molecule has 10 atom stereocenters. The molecule has 6 unspecified atom stereocenters. The lowest BCUT2D eigenvalue weighted by Crippen LogP contribution is -2.38. The first-order valence-corrected chi connectivity index (χ1v) is 16.2. The molecule has 0 spiro atoms. The molecular weight excluding hydrogens is 650 g/mol. The van der Waals surface area contributed by atoms with Crippen LogP contribution in [0.5, 0.6) is 0 Å². The normalized spacial score (nSPS) is 37.7. The van der Waals surface area contributed by atoms with Crippen molar-refractivity contribution in [3.05, 3.63) is 29.3 Å². The van der Waals surface area contributed by atoms with Gasteiger partial charge in [-0.3, -0.25) is 37.0 Å². The lowest BCUT2D eigenvalue weighted by atomic mass is 10.1. The van der Waals surface area contributed by atoms with Gasteiger partial charge in [-0.2, -0.15) is 4.98 Å². The minimum atomic E-state index is -5.08. The van der Waals surface area contributed by atoms with Gasteiger partial charge in [0, 0.05) is 0 Å². The summed E-state index contributed by atoms with van der Waals surface area (Å²) in [5.41, 5.74) is 10.8. The number of rotatable bonds is 2. The molecule has 0 bridgehead atoms. The Kier molecular flexibility index (Phi) is 7.27. The minimum absolute atomic E-state index is 0.0418. The highest BCUT2D eigenvalue weighted by atomic mass is 31.2. The zero-order valence-corrected chi connectivity index (χ0v) is 24.2. The third kappa shape index (κ3) is 5.31.